The van der Waals surface area contributed by atoms with Crippen LogP contribution in [0, 0.1) is 6.92 Å². The second-order valence-electron chi connectivity index (χ2n) is 6.85. The van der Waals surface area contributed by atoms with Crippen molar-refractivity contribution in [1.82, 2.24) is 14.8 Å². The molecule has 0 unspecified atom stereocenters. The number of benzene rings is 2. The van der Waals surface area contributed by atoms with E-state index < -0.39 is 0 Å². The van der Waals surface area contributed by atoms with Crippen LogP contribution in [0.15, 0.2) is 41.8 Å². The standard InChI is InChI=1S/C21H23N3O2S/c1-15-22-19(14-27-15)13-23-7-9-24(10-8-23)21(25)18-4-3-17-12-20(26-2)6-5-16(17)11-18/h3-6,11-12,14H,7-10,13H2,1-2H3. The van der Waals surface area contributed by atoms with Crippen LogP contribution >= 0.6 is 11.3 Å². The Bertz CT molecular complexity index is 961. The van der Waals surface area contributed by atoms with Crippen molar-refractivity contribution in [2.24, 2.45) is 0 Å². The summed E-state index contributed by atoms with van der Waals surface area (Å²) in [5, 5.41) is 5.36. The van der Waals surface area contributed by atoms with Gasteiger partial charge in [-0.05, 0) is 42.0 Å². The lowest BCUT2D eigenvalue weighted by molar-refractivity contribution is 0.0627. The minimum absolute atomic E-state index is 0.108. The minimum Gasteiger partial charge on any atom is -0.497 e. The number of aromatic nitrogens is 1. The maximum atomic E-state index is 12.9. The molecule has 1 fully saturated rings. The van der Waals surface area contributed by atoms with Crippen LogP contribution in [0.4, 0.5) is 0 Å². The molecule has 0 N–H and O–H groups in total. The van der Waals surface area contributed by atoms with Crippen molar-refractivity contribution in [3.05, 3.63) is 58.0 Å². The predicted octanol–water partition coefficient (Wildman–Crippen LogP) is 3.57. The van der Waals surface area contributed by atoms with E-state index in [-0.39, 0.29) is 5.91 Å². The third kappa shape index (κ3) is 3.96. The first kappa shape index (κ1) is 17.9. The Balaban J connectivity index is 1.40. The summed E-state index contributed by atoms with van der Waals surface area (Å²) < 4.78 is 5.27. The summed E-state index contributed by atoms with van der Waals surface area (Å²) in [5.74, 6) is 0.935. The normalized spacial score (nSPS) is 15.3. The van der Waals surface area contributed by atoms with Gasteiger partial charge in [0.25, 0.3) is 5.91 Å². The molecule has 0 aliphatic carbocycles. The molecular formula is C21H23N3O2S. The molecular weight excluding hydrogens is 358 g/mol. The van der Waals surface area contributed by atoms with Crippen molar-refractivity contribution in [1.29, 1.82) is 0 Å². The highest BCUT2D eigenvalue weighted by Gasteiger charge is 2.22. The summed E-state index contributed by atoms with van der Waals surface area (Å²) >= 11 is 1.69. The fourth-order valence-corrected chi connectivity index (χ4v) is 4.09. The van der Waals surface area contributed by atoms with Gasteiger partial charge in [-0.25, -0.2) is 4.98 Å². The van der Waals surface area contributed by atoms with Gasteiger partial charge in [0.2, 0.25) is 0 Å². The van der Waals surface area contributed by atoms with Gasteiger partial charge in [0.15, 0.2) is 0 Å². The maximum absolute atomic E-state index is 12.9. The monoisotopic (exact) mass is 381 g/mol. The second-order valence-corrected chi connectivity index (χ2v) is 7.92. The Morgan fingerprint density at radius 2 is 1.85 bits per heavy atom. The number of piperazine rings is 1. The number of fused-ring (bicyclic) bond motifs is 1. The quantitative estimate of drug-likeness (QED) is 0.693. The van der Waals surface area contributed by atoms with Gasteiger partial charge in [-0.1, -0.05) is 12.1 Å². The number of thiazole rings is 1. The molecule has 1 aliphatic rings. The molecule has 140 valence electrons. The van der Waals surface area contributed by atoms with Crippen molar-refractivity contribution in [2.45, 2.75) is 13.5 Å². The van der Waals surface area contributed by atoms with Gasteiger partial charge in [0.05, 0.1) is 17.8 Å². The van der Waals surface area contributed by atoms with Gasteiger partial charge >= 0.3 is 0 Å². The van der Waals surface area contributed by atoms with Crippen LogP contribution in [0.5, 0.6) is 5.75 Å². The molecule has 2 heterocycles. The SMILES string of the molecule is COc1ccc2cc(C(=O)N3CCN(Cc4csc(C)n4)CC3)ccc2c1. The smallest absolute Gasteiger partial charge is 0.253 e. The first-order chi connectivity index (χ1) is 13.1. The molecule has 4 rings (SSSR count). The van der Waals surface area contributed by atoms with Gasteiger partial charge in [0, 0.05) is 43.7 Å². The fraction of sp³-hybridized carbons (Fsp3) is 0.333. The van der Waals surface area contributed by atoms with E-state index in [2.05, 4.69) is 15.3 Å². The number of hydrogen-bond acceptors (Lipinski definition) is 5. The summed E-state index contributed by atoms with van der Waals surface area (Å²) in [6, 6.07) is 11.8. The van der Waals surface area contributed by atoms with Gasteiger partial charge in [-0.2, -0.15) is 0 Å². The molecule has 0 radical (unpaired) electrons. The first-order valence-corrected chi connectivity index (χ1v) is 10.0. The molecule has 1 amide bonds. The lowest BCUT2D eigenvalue weighted by Gasteiger charge is -2.34. The van der Waals surface area contributed by atoms with Crippen LogP contribution in [0.25, 0.3) is 10.8 Å². The molecule has 1 aromatic heterocycles. The summed E-state index contributed by atoms with van der Waals surface area (Å²) in [7, 11) is 1.66. The van der Waals surface area contributed by atoms with E-state index in [1.165, 1.54) is 0 Å². The van der Waals surface area contributed by atoms with Crippen molar-refractivity contribution in [3.8, 4) is 5.75 Å². The molecule has 1 saturated heterocycles. The van der Waals surface area contributed by atoms with Gasteiger partial charge in [-0.3, -0.25) is 9.69 Å². The van der Waals surface area contributed by atoms with Crippen molar-refractivity contribution in [2.75, 3.05) is 33.3 Å². The van der Waals surface area contributed by atoms with Crippen molar-refractivity contribution in [3.63, 3.8) is 0 Å². The Morgan fingerprint density at radius 1 is 1.11 bits per heavy atom. The Morgan fingerprint density at radius 3 is 2.56 bits per heavy atom. The maximum Gasteiger partial charge on any atom is 0.253 e. The fourth-order valence-electron chi connectivity index (χ4n) is 3.49. The molecule has 0 bridgehead atoms. The van der Waals surface area contributed by atoms with E-state index in [9.17, 15) is 4.79 Å². The topological polar surface area (TPSA) is 45.7 Å². The molecule has 0 spiro atoms. The number of methoxy groups -OCH3 is 1. The van der Waals surface area contributed by atoms with Crippen LogP contribution in [-0.4, -0.2) is 54.0 Å². The van der Waals surface area contributed by atoms with E-state index in [1.54, 1.807) is 18.4 Å². The van der Waals surface area contributed by atoms with Crippen molar-refractivity contribution < 1.29 is 9.53 Å². The van der Waals surface area contributed by atoms with Crippen molar-refractivity contribution >= 4 is 28.0 Å². The molecule has 1 aliphatic heterocycles. The predicted molar refractivity (Wildman–Crippen MR) is 109 cm³/mol. The molecule has 0 atom stereocenters. The molecule has 3 aromatic rings. The molecule has 27 heavy (non-hydrogen) atoms. The van der Waals surface area contributed by atoms with Crippen LogP contribution in [0.2, 0.25) is 0 Å². The number of ether oxygens (including phenoxy) is 1. The summed E-state index contributed by atoms with van der Waals surface area (Å²) in [6.45, 7) is 6.17. The van der Waals surface area contributed by atoms with E-state index in [1.807, 2.05) is 48.2 Å². The van der Waals surface area contributed by atoms with Crippen LogP contribution in [0.3, 0.4) is 0 Å². The first-order valence-electron chi connectivity index (χ1n) is 9.13. The highest BCUT2D eigenvalue weighted by atomic mass is 32.1. The van der Waals surface area contributed by atoms with Crippen LogP contribution in [-0.2, 0) is 6.54 Å². The zero-order chi connectivity index (χ0) is 18.8. The average molecular weight is 382 g/mol. The number of hydrogen-bond donors (Lipinski definition) is 0. The number of carbonyl (C=O) groups excluding carboxylic acids is 1. The molecule has 2 aromatic carbocycles. The molecule has 5 nitrogen and oxygen atoms in total. The Labute approximate surface area is 163 Å². The summed E-state index contributed by atoms with van der Waals surface area (Å²) in [6.07, 6.45) is 0. The highest BCUT2D eigenvalue weighted by Crippen LogP contribution is 2.23. The number of rotatable bonds is 4. The minimum atomic E-state index is 0.108. The molecule has 6 heteroatoms. The van der Waals surface area contributed by atoms with Gasteiger partial charge in [-0.15, -0.1) is 11.3 Å². The van der Waals surface area contributed by atoms with E-state index in [4.69, 9.17) is 4.74 Å². The largest absolute Gasteiger partial charge is 0.497 e. The lowest BCUT2D eigenvalue weighted by atomic mass is 10.1. The Hall–Kier alpha value is -2.44. The van der Waals surface area contributed by atoms with E-state index >= 15 is 0 Å². The summed E-state index contributed by atoms with van der Waals surface area (Å²) in [5.41, 5.74) is 1.87. The van der Waals surface area contributed by atoms with E-state index in [0.717, 1.165) is 65.5 Å². The number of aryl methyl sites for hydroxylation is 1. The average Bonchev–Trinajstić information content (AvgIpc) is 3.11. The third-order valence-corrected chi connectivity index (χ3v) is 5.83. The Kier molecular flexibility index (Phi) is 5.09. The van der Waals surface area contributed by atoms with Gasteiger partial charge in [0.1, 0.15) is 5.75 Å². The van der Waals surface area contributed by atoms with Crippen LogP contribution in [0.1, 0.15) is 21.1 Å². The summed E-state index contributed by atoms with van der Waals surface area (Å²) in [4.78, 5) is 21.8. The zero-order valence-corrected chi connectivity index (χ0v) is 16.5. The highest BCUT2D eigenvalue weighted by molar-refractivity contribution is 7.09. The number of nitrogens with zero attached hydrogens (tertiary/aromatic N) is 3. The third-order valence-electron chi connectivity index (χ3n) is 5.01. The number of amides is 1. The van der Waals surface area contributed by atoms with Crippen LogP contribution < -0.4 is 4.74 Å². The van der Waals surface area contributed by atoms with Gasteiger partial charge < -0.3 is 9.64 Å². The van der Waals surface area contributed by atoms with E-state index in [0.29, 0.717) is 0 Å². The second kappa shape index (κ2) is 7.66. The molecule has 0 saturated carbocycles. The number of carbonyl (C=O) groups is 1. The zero-order valence-electron chi connectivity index (χ0n) is 15.6. The lowest BCUT2D eigenvalue weighted by Crippen LogP contribution is -2.48.